The van der Waals surface area contributed by atoms with Crippen molar-refractivity contribution < 1.29 is 9.90 Å². The van der Waals surface area contributed by atoms with Gasteiger partial charge in [0, 0.05) is 74.5 Å². The molecule has 6 N–H and O–H groups in total. The third kappa shape index (κ3) is 6.48. The number of rotatable bonds is 8. The van der Waals surface area contributed by atoms with Crippen LogP contribution in [0.25, 0.3) is 22.4 Å². The molecule has 0 unspecified atom stereocenters. The second kappa shape index (κ2) is 13.2. The minimum absolute atomic E-state index is 0.0409. The van der Waals surface area contributed by atoms with E-state index in [1.165, 1.54) is 18.5 Å². The van der Waals surface area contributed by atoms with Crippen LogP contribution in [0.4, 0.5) is 23.0 Å². The number of hydrogen-bond donors (Lipinski definition) is 5. The van der Waals surface area contributed by atoms with Gasteiger partial charge in [-0.2, -0.15) is 0 Å². The summed E-state index contributed by atoms with van der Waals surface area (Å²) in [6.07, 6.45) is 8.32. The Morgan fingerprint density at radius 1 is 0.913 bits per heavy atom. The van der Waals surface area contributed by atoms with E-state index in [9.17, 15) is 9.90 Å². The van der Waals surface area contributed by atoms with E-state index < -0.39 is 5.91 Å². The molecule has 0 spiro atoms. The molecule has 5 heterocycles. The maximum atomic E-state index is 12.8. The zero-order valence-electron chi connectivity index (χ0n) is 26.3. The highest BCUT2D eigenvalue weighted by Crippen LogP contribution is 2.34. The van der Waals surface area contributed by atoms with Crippen LogP contribution in [0.5, 0.6) is 0 Å². The Bertz CT molecular complexity index is 1650. The second-order valence-electron chi connectivity index (χ2n) is 12.8. The van der Waals surface area contributed by atoms with E-state index in [1.807, 2.05) is 18.2 Å². The maximum Gasteiger partial charge on any atom is 0.271 e. The lowest BCUT2D eigenvalue weighted by molar-refractivity contribution is 0.0982. The number of nitrogens with zero attached hydrogens (tertiary/aromatic N) is 7. The SMILES string of the molecule is CN1CCN(C2CCN(c3ccc(Nc4nc(NC5CCC(O)CC5)c(-c5ccnc6nc[nH]c56)nc4C(N)=O)cc3)CC2)CC1. The number of aliphatic hydroxyl groups is 1. The van der Waals surface area contributed by atoms with Gasteiger partial charge < -0.3 is 36.3 Å². The van der Waals surface area contributed by atoms with E-state index in [2.05, 4.69) is 59.5 Å². The molecule has 1 aliphatic carbocycles. The number of pyridine rings is 1. The number of H-pyrrole nitrogens is 1. The van der Waals surface area contributed by atoms with Crippen molar-refractivity contribution in [3.05, 3.63) is 48.5 Å². The zero-order chi connectivity index (χ0) is 31.6. The lowest BCUT2D eigenvalue weighted by atomic mass is 9.93. The molecule has 46 heavy (non-hydrogen) atoms. The van der Waals surface area contributed by atoms with Gasteiger partial charge in [-0.25, -0.2) is 19.9 Å². The zero-order valence-corrected chi connectivity index (χ0v) is 26.3. The summed E-state index contributed by atoms with van der Waals surface area (Å²) in [5.74, 6) is 0.124. The number of carbonyl (C=O) groups is 1. The first-order chi connectivity index (χ1) is 22.4. The first-order valence-corrected chi connectivity index (χ1v) is 16.4. The van der Waals surface area contributed by atoms with Gasteiger partial charge in [0.25, 0.3) is 5.91 Å². The summed E-state index contributed by atoms with van der Waals surface area (Å²) in [5, 5.41) is 16.9. The lowest BCUT2D eigenvalue weighted by Crippen LogP contribution is -2.52. The van der Waals surface area contributed by atoms with E-state index in [0.29, 0.717) is 47.1 Å². The smallest absolute Gasteiger partial charge is 0.271 e. The molecule has 1 amide bonds. The van der Waals surface area contributed by atoms with Crippen LogP contribution in [0.15, 0.2) is 42.9 Å². The number of benzene rings is 1. The van der Waals surface area contributed by atoms with Crippen LogP contribution < -0.4 is 21.3 Å². The number of primary amides is 1. The Labute approximate surface area is 268 Å². The van der Waals surface area contributed by atoms with Gasteiger partial charge in [-0.1, -0.05) is 0 Å². The predicted molar refractivity (Wildman–Crippen MR) is 179 cm³/mol. The van der Waals surface area contributed by atoms with Gasteiger partial charge in [-0.05, 0) is 75.9 Å². The topological polar surface area (TPSA) is 164 Å². The predicted octanol–water partition coefficient (Wildman–Crippen LogP) is 3.19. The van der Waals surface area contributed by atoms with E-state index in [0.717, 1.165) is 57.8 Å². The molecule has 3 fully saturated rings. The Balaban J connectivity index is 1.12. The average molecular weight is 626 g/mol. The van der Waals surface area contributed by atoms with Crippen molar-refractivity contribution in [2.24, 2.45) is 5.73 Å². The lowest BCUT2D eigenvalue weighted by Gasteiger charge is -2.42. The number of carbonyl (C=O) groups excluding carboxylic acids is 1. The number of aromatic nitrogens is 5. The van der Waals surface area contributed by atoms with Gasteiger partial charge in [-0.15, -0.1) is 0 Å². The quantitative estimate of drug-likeness (QED) is 0.195. The van der Waals surface area contributed by atoms with Crippen molar-refractivity contribution in [2.45, 2.75) is 56.7 Å². The molecule has 13 nitrogen and oxygen atoms in total. The highest BCUT2D eigenvalue weighted by Gasteiger charge is 2.28. The van der Waals surface area contributed by atoms with Crippen molar-refractivity contribution in [3.63, 3.8) is 0 Å². The molecule has 0 radical (unpaired) electrons. The summed E-state index contributed by atoms with van der Waals surface area (Å²) in [6.45, 7) is 6.70. The third-order valence-electron chi connectivity index (χ3n) is 9.76. The van der Waals surface area contributed by atoms with Crippen LogP contribution >= 0.6 is 0 Å². The average Bonchev–Trinajstić information content (AvgIpc) is 3.56. The summed E-state index contributed by atoms with van der Waals surface area (Å²) >= 11 is 0. The Morgan fingerprint density at radius 3 is 2.37 bits per heavy atom. The Morgan fingerprint density at radius 2 is 1.65 bits per heavy atom. The van der Waals surface area contributed by atoms with Gasteiger partial charge in [0.05, 0.1) is 17.9 Å². The molecular weight excluding hydrogens is 582 g/mol. The molecule has 3 aromatic heterocycles. The second-order valence-corrected chi connectivity index (χ2v) is 12.8. The summed E-state index contributed by atoms with van der Waals surface area (Å²) in [6, 6.07) is 10.8. The number of hydrogen-bond acceptors (Lipinski definition) is 11. The van der Waals surface area contributed by atoms with Crippen LogP contribution in [0.3, 0.4) is 0 Å². The number of nitrogens with two attached hydrogens (primary N) is 1. The van der Waals surface area contributed by atoms with Crippen molar-refractivity contribution in [3.8, 4) is 11.3 Å². The number of piperazine rings is 1. The van der Waals surface area contributed by atoms with Crippen molar-refractivity contribution >= 4 is 40.1 Å². The Hall–Kier alpha value is -4.33. The third-order valence-corrected chi connectivity index (χ3v) is 9.76. The standard InChI is InChI=1S/C33H43N11O2/c1-42-16-18-44(19-17-42)24-11-14-43(15-12-24)23-6-2-21(3-7-23)39-33-29(30(34)46)40-28(26-10-13-35-31-27(26)36-20-37-31)32(41-33)38-22-4-8-25(45)9-5-22/h2-3,6-7,10,13,20,22,24-25,45H,4-5,8-9,11-12,14-19H2,1H3,(H2,34,46)(H,35,36,37)(H2,38,39,41). The van der Waals surface area contributed by atoms with Crippen LogP contribution in [0, 0.1) is 0 Å². The van der Waals surface area contributed by atoms with Crippen LogP contribution in [-0.2, 0) is 0 Å². The first kappa shape index (κ1) is 30.3. The van der Waals surface area contributed by atoms with Gasteiger partial charge in [0.2, 0.25) is 0 Å². The van der Waals surface area contributed by atoms with Crippen LogP contribution in [-0.4, -0.2) is 110 Å². The molecule has 3 aliphatic rings. The highest BCUT2D eigenvalue weighted by atomic mass is 16.3. The fourth-order valence-electron chi connectivity index (χ4n) is 7.01. The van der Waals surface area contributed by atoms with Crippen LogP contribution in [0.2, 0.25) is 0 Å². The molecule has 1 aromatic carbocycles. The summed E-state index contributed by atoms with van der Waals surface area (Å²) in [4.78, 5) is 41.7. The fourth-order valence-corrected chi connectivity index (χ4v) is 7.01. The van der Waals surface area contributed by atoms with E-state index in [4.69, 9.17) is 15.7 Å². The summed E-state index contributed by atoms with van der Waals surface area (Å²) in [5.41, 5.74) is 10.3. The molecule has 2 saturated heterocycles. The number of likely N-dealkylation sites (N-methyl/N-ethyl adjacent to an activating group) is 1. The Kier molecular flexibility index (Phi) is 8.69. The van der Waals surface area contributed by atoms with Crippen LogP contribution in [0.1, 0.15) is 49.0 Å². The number of imidazole rings is 1. The van der Waals surface area contributed by atoms with Crippen molar-refractivity contribution in [1.82, 2.24) is 34.7 Å². The first-order valence-electron chi connectivity index (χ1n) is 16.4. The molecule has 2 aliphatic heterocycles. The van der Waals surface area contributed by atoms with E-state index in [1.54, 1.807) is 12.5 Å². The summed E-state index contributed by atoms with van der Waals surface area (Å²) < 4.78 is 0. The van der Waals surface area contributed by atoms with Gasteiger partial charge in [0.1, 0.15) is 5.69 Å². The van der Waals surface area contributed by atoms with Gasteiger partial charge in [0.15, 0.2) is 23.0 Å². The number of nitrogens with one attached hydrogen (secondary N) is 3. The monoisotopic (exact) mass is 625 g/mol. The number of anilines is 4. The molecular formula is C33H43N11O2. The number of aliphatic hydroxyl groups excluding tert-OH is 1. The maximum absolute atomic E-state index is 12.8. The van der Waals surface area contributed by atoms with Crippen molar-refractivity contribution in [2.75, 3.05) is 61.8 Å². The number of aromatic amines is 1. The number of piperidine rings is 1. The molecule has 4 aromatic rings. The van der Waals surface area contributed by atoms with Crippen molar-refractivity contribution in [1.29, 1.82) is 0 Å². The molecule has 0 atom stereocenters. The molecule has 242 valence electrons. The normalized spacial score (nSPS) is 21.8. The summed E-state index contributed by atoms with van der Waals surface area (Å²) in [7, 11) is 2.20. The molecule has 0 bridgehead atoms. The minimum atomic E-state index is -0.682. The molecule has 1 saturated carbocycles. The minimum Gasteiger partial charge on any atom is -0.393 e. The van der Waals surface area contributed by atoms with E-state index in [-0.39, 0.29) is 23.7 Å². The van der Waals surface area contributed by atoms with E-state index >= 15 is 0 Å². The number of fused-ring (bicyclic) bond motifs is 1. The number of amides is 1. The molecule has 7 rings (SSSR count). The highest BCUT2D eigenvalue weighted by molar-refractivity contribution is 5.99. The largest absolute Gasteiger partial charge is 0.393 e. The van der Waals surface area contributed by atoms with Gasteiger partial charge >= 0.3 is 0 Å². The van der Waals surface area contributed by atoms with Gasteiger partial charge in [-0.3, -0.25) is 9.69 Å². The fraction of sp³-hybridized carbons (Fsp3) is 0.485. The molecule has 13 heteroatoms.